The fourth-order valence-corrected chi connectivity index (χ4v) is 2.43. The predicted molar refractivity (Wildman–Crippen MR) is 75.6 cm³/mol. The number of carboxylic acid groups (broad SMARTS) is 1. The quantitative estimate of drug-likeness (QED) is 0.881. The number of halogens is 1. The first-order valence-corrected chi connectivity index (χ1v) is 6.86. The van der Waals surface area contributed by atoms with Gasteiger partial charge in [0.1, 0.15) is 5.82 Å². The number of benzene rings is 1. The predicted octanol–water partition coefficient (Wildman–Crippen LogP) is 3.51. The first-order chi connectivity index (χ1) is 9.13. The molecule has 0 fully saturated rings. The third-order valence-corrected chi connectivity index (χ3v) is 3.40. The van der Waals surface area contributed by atoms with Crippen LogP contribution in [0, 0.1) is 0 Å². The highest BCUT2D eigenvalue weighted by Gasteiger charge is 2.13. The van der Waals surface area contributed by atoms with Gasteiger partial charge in [-0.05, 0) is 18.6 Å². The van der Waals surface area contributed by atoms with Crippen LogP contribution in [0.1, 0.15) is 32.0 Å². The van der Waals surface area contributed by atoms with Gasteiger partial charge in [-0.15, -0.1) is 0 Å². The SMILES string of the molecule is CCCCn1c(CCC(=O)O)nc2cccc(Cl)c21. The molecule has 102 valence electrons. The summed E-state index contributed by atoms with van der Waals surface area (Å²) >= 11 is 6.24. The summed E-state index contributed by atoms with van der Waals surface area (Å²) < 4.78 is 2.06. The summed E-state index contributed by atoms with van der Waals surface area (Å²) in [5.74, 6) is -0.000792. The second-order valence-electron chi connectivity index (χ2n) is 4.53. The van der Waals surface area contributed by atoms with Crippen molar-refractivity contribution < 1.29 is 9.90 Å². The molecule has 0 saturated carbocycles. The second-order valence-corrected chi connectivity index (χ2v) is 4.94. The molecule has 0 saturated heterocycles. The van der Waals surface area contributed by atoms with Crippen LogP contribution >= 0.6 is 11.6 Å². The van der Waals surface area contributed by atoms with Crippen LogP contribution in [-0.4, -0.2) is 20.6 Å². The summed E-state index contributed by atoms with van der Waals surface area (Å²) in [6, 6.07) is 5.62. The number of carbonyl (C=O) groups is 1. The van der Waals surface area contributed by atoms with Gasteiger partial charge < -0.3 is 9.67 Å². The molecule has 0 bridgehead atoms. The van der Waals surface area contributed by atoms with Crippen LogP contribution in [0.25, 0.3) is 11.0 Å². The van der Waals surface area contributed by atoms with E-state index in [1.807, 2.05) is 18.2 Å². The molecular formula is C14H17ClN2O2. The first kappa shape index (κ1) is 13.9. The minimum Gasteiger partial charge on any atom is -0.481 e. The van der Waals surface area contributed by atoms with E-state index in [0.29, 0.717) is 11.4 Å². The van der Waals surface area contributed by atoms with Gasteiger partial charge in [0.15, 0.2) is 0 Å². The zero-order valence-electron chi connectivity index (χ0n) is 10.9. The lowest BCUT2D eigenvalue weighted by molar-refractivity contribution is -0.137. The number of unbranched alkanes of at least 4 members (excludes halogenated alkanes) is 1. The average Bonchev–Trinajstić information content (AvgIpc) is 2.73. The van der Waals surface area contributed by atoms with Gasteiger partial charge >= 0.3 is 5.97 Å². The van der Waals surface area contributed by atoms with Gasteiger partial charge in [-0.3, -0.25) is 4.79 Å². The van der Waals surface area contributed by atoms with Gasteiger partial charge in [-0.2, -0.15) is 0 Å². The molecule has 2 rings (SSSR count). The number of hydrogen-bond donors (Lipinski definition) is 1. The maximum Gasteiger partial charge on any atom is 0.303 e. The van der Waals surface area contributed by atoms with Crippen LogP contribution in [0.2, 0.25) is 5.02 Å². The molecule has 0 atom stereocenters. The normalized spacial score (nSPS) is 11.1. The standard InChI is InChI=1S/C14H17ClN2O2/c1-2-3-9-17-12(7-8-13(18)19)16-11-6-4-5-10(15)14(11)17/h4-6H,2-3,7-9H2,1H3,(H,18,19). The maximum atomic E-state index is 10.7. The highest BCUT2D eigenvalue weighted by Crippen LogP contribution is 2.25. The summed E-state index contributed by atoms with van der Waals surface area (Å²) in [6.45, 7) is 2.95. The van der Waals surface area contributed by atoms with Crippen molar-refractivity contribution in [1.82, 2.24) is 9.55 Å². The molecule has 0 aliphatic rings. The minimum atomic E-state index is -0.805. The number of aryl methyl sites for hydroxylation is 2. The number of hydrogen-bond acceptors (Lipinski definition) is 2. The van der Waals surface area contributed by atoms with Gasteiger partial charge in [0.2, 0.25) is 0 Å². The molecule has 0 radical (unpaired) electrons. The molecule has 0 amide bonds. The molecule has 1 aromatic heterocycles. The minimum absolute atomic E-state index is 0.0903. The summed E-state index contributed by atoms with van der Waals surface area (Å²) in [7, 11) is 0. The van der Waals surface area contributed by atoms with E-state index in [0.717, 1.165) is 36.2 Å². The molecule has 1 aromatic carbocycles. The number of rotatable bonds is 6. The molecule has 1 heterocycles. The van der Waals surface area contributed by atoms with Crippen LogP contribution in [0.4, 0.5) is 0 Å². The number of imidazole rings is 1. The zero-order valence-corrected chi connectivity index (χ0v) is 11.7. The van der Waals surface area contributed by atoms with Crippen molar-refractivity contribution in [2.75, 3.05) is 0 Å². The fourth-order valence-electron chi connectivity index (χ4n) is 2.16. The number of fused-ring (bicyclic) bond motifs is 1. The number of para-hydroxylation sites is 1. The summed E-state index contributed by atoms with van der Waals surface area (Å²) in [4.78, 5) is 15.2. The maximum absolute atomic E-state index is 10.7. The third kappa shape index (κ3) is 3.07. The average molecular weight is 281 g/mol. The van der Waals surface area contributed by atoms with Gasteiger partial charge in [-0.25, -0.2) is 4.98 Å². The molecule has 0 spiro atoms. The topological polar surface area (TPSA) is 55.1 Å². The molecule has 0 aliphatic heterocycles. The molecule has 4 nitrogen and oxygen atoms in total. The van der Waals surface area contributed by atoms with E-state index in [2.05, 4.69) is 16.5 Å². The first-order valence-electron chi connectivity index (χ1n) is 6.49. The Kier molecular flexibility index (Phi) is 4.43. The Labute approximate surface area is 117 Å². The Morgan fingerprint density at radius 2 is 2.26 bits per heavy atom. The van der Waals surface area contributed by atoms with E-state index in [4.69, 9.17) is 16.7 Å². The van der Waals surface area contributed by atoms with Crippen LogP contribution in [0.15, 0.2) is 18.2 Å². The van der Waals surface area contributed by atoms with Crippen LogP contribution in [0.3, 0.4) is 0 Å². The Morgan fingerprint density at radius 1 is 1.47 bits per heavy atom. The molecule has 19 heavy (non-hydrogen) atoms. The molecule has 5 heteroatoms. The highest BCUT2D eigenvalue weighted by atomic mass is 35.5. The van der Waals surface area contributed by atoms with Crippen LogP contribution in [-0.2, 0) is 17.8 Å². The lowest BCUT2D eigenvalue weighted by atomic mass is 10.2. The van der Waals surface area contributed by atoms with Crippen molar-refractivity contribution in [1.29, 1.82) is 0 Å². The molecule has 0 aliphatic carbocycles. The van der Waals surface area contributed by atoms with E-state index in [9.17, 15) is 4.79 Å². The third-order valence-electron chi connectivity index (χ3n) is 3.09. The zero-order chi connectivity index (χ0) is 13.8. The summed E-state index contributed by atoms with van der Waals surface area (Å²) in [5.41, 5.74) is 1.75. The highest BCUT2D eigenvalue weighted by molar-refractivity contribution is 6.35. The molecule has 1 N–H and O–H groups in total. The van der Waals surface area contributed by atoms with E-state index in [1.165, 1.54) is 0 Å². The van der Waals surface area contributed by atoms with Crippen molar-refractivity contribution in [3.63, 3.8) is 0 Å². The second kappa shape index (κ2) is 6.06. The summed E-state index contributed by atoms with van der Waals surface area (Å²) in [6.07, 6.45) is 2.62. The van der Waals surface area contributed by atoms with E-state index in [1.54, 1.807) is 0 Å². The molecule has 2 aromatic rings. The Balaban J connectivity index is 2.42. The van der Waals surface area contributed by atoms with Crippen molar-refractivity contribution in [3.8, 4) is 0 Å². The van der Waals surface area contributed by atoms with Crippen molar-refractivity contribution in [3.05, 3.63) is 29.0 Å². The van der Waals surface area contributed by atoms with Gasteiger partial charge in [0, 0.05) is 13.0 Å². The number of carboxylic acids is 1. The lowest BCUT2D eigenvalue weighted by Gasteiger charge is -2.08. The Bertz CT molecular complexity index is 592. The largest absolute Gasteiger partial charge is 0.481 e. The number of nitrogens with zero attached hydrogens (tertiary/aromatic N) is 2. The van der Waals surface area contributed by atoms with E-state index in [-0.39, 0.29) is 6.42 Å². The van der Waals surface area contributed by atoms with E-state index < -0.39 is 5.97 Å². The molecule has 0 unspecified atom stereocenters. The van der Waals surface area contributed by atoms with Crippen molar-refractivity contribution >= 4 is 28.6 Å². The number of aromatic nitrogens is 2. The Morgan fingerprint density at radius 3 is 2.95 bits per heavy atom. The fraction of sp³-hybridized carbons (Fsp3) is 0.429. The summed E-state index contributed by atoms with van der Waals surface area (Å²) in [5, 5.41) is 9.48. The lowest BCUT2D eigenvalue weighted by Crippen LogP contribution is -2.07. The number of aliphatic carboxylic acids is 1. The smallest absolute Gasteiger partial charge is 0.303 e. The van der Waals surface area contributed by atoms with Gasteiger partial charge in [-0.1, -0.05) is 31.0 Å². The molecular weight excluding hydrogens is 264 g/mol. The van der Waals surface area contributed by atoms with E-state index >= 15 is 0 Å². The monoisotopic (exact) mass is 280 g/mol. The van der Waals surface area contributed by atoms with Crippen molar-refractivity contribution in [2.24, 2.45) is 0 Å². The Hall–Kier alpha value is -1.55. The van der Waals surface area contributed by atoms with Gasteiger partial charge in [0.25, 0.3) is 0 Å². The van der Waals surface area contributed by atoms with Crippen LogP contribution in [0.5, 0.6) is 0 Å². The van der Waals surface area contributed by atoms with Crippen molar-refractivity contribution in [2.45, 2.75) is 39.2 Å². The van der Waals surface area contributed by atoms with Gasteiger partial charge in [0.05, 0.1) is 22.5 Å². The van der Waals surface area contributed by atoms with Crippen LogP contribution < -0.4 is 0 Å².